The van der Waals surface area contributed by atoms with E-state index in [-0.39, 0.29) is 0 Å². The molecule has 0 aliphatic heterocycles. The lowest BCUT2D eigenvalue weighted by molar-refractivity contribution is -0.107. The molecule has 0 N–H and O–H groups in total. The summed E-state index contributed by atoms with van der Waals surface area (Å²) in [5, 5.41) is 3.98. The number of aldehydes is 1. The molecule has 12 heavy (non-hydrogen) atoms. The standard InChI is InChI=1S/C8H7N3O/c12-5-4-7-2-1-3-8-9-6-10-11(7)8/h1-3,5-6H,4H2. The molecule has 0 fully saturated rings. The van der Waals surface area contributed by atoms with Gasteiger partial charge in [-0.2, -0.15) is 5.10 Å². The molecule has 4 heteroatoms. The minimum Gasteiger partial charge on any atom is -0.303 e. The second-order valence-corrected chi connectivity index (χ2v) is 2.42. The molecule has 0 unspecified atom stereocenters. The Kier molecular flexibility index (Phi) is 1.59. The first-order chi connectivity index (χ1) is 5.92. The quantitative estimate of drug-likeness (QED) is 0.601. The van der Waals surface area contributed by atoms with Gasteiger partial charge < -0.3 is 4.79 Å². The lowest BCUT2D eigenvalue weighted by Crippen LogP contribution is -1.98. The van der Waals surface area contributed by atoms with E-state index in [9.17, 15) is 4.79 Å². The highest BCUT2D eigenvalue weighted by Gasteiger charge is 1.99. The number of carbonyl (C=O) groups is 1. The van der Waals surface area contributed by atoms with Crippen molar-refractivity contribution >= 4 is 11.9 Å². The Morgan fingerprint density at radius 1 is 1.50 bits per heavy atom. The van der Waals surface area contributed by atoms with Crippen LogP contribution < -0.4 is 0 Å². The molecule has 2 aromatic heterocycles. The van der Waals surface area contributed by atoms with Crippen molar-refractivity contribution in [3.8, 4) is 0 Å². The van der Waals surface area contributed by atoms with Crippen LogP contribution in [0.3, 0.4) is 0 Å². The van der Waals surface area contributed by atoms with Gasteiger partial charge in [0.25, 0.3) is 0 Å². The summed E-state index contributed by atoms with van der Waals surface area (Å²) in [5.74, 6) is 0. The molecular weight excluding hydrogens is 154 g/mol. The summed E-state index contributed by atoms with van der Waals surface area (Å²) in [6.45, 7) is 0. The molecule has 0 atom stereocenters. The SMILES string of the molecule is O=CCc1cccc2ncnn12. The summed E-state index contributed by atoms with van der Waals surface area (Å²) in [4.78, 5) is 14.3. The molecule has 0 bridgehead atoms. The van der Waals surface area contributed by atoms with Crippen LogP contribution in [0.4, 0.5) is 0 Å². The van der Waals surface area contributed by atoms with Crippen molar-refractivity contribution in [2.24, 2.45) is 0 Å². The zero-order valence-corrected chi connectivity index (χ0v) is 6.34. The summed E-state index contributed by atoms with van der Waals surface area (Å²) in [7, 11) is 0. The van der Waals surface area contributed by atoms with Crippen molar-refractivity contribution in [3.63, 3.8) is 0 Å². The van der Waals surface area contributed by atoms with Gasteiger partial charge >= 0.3 is 0 Å². The number of rotatable bonds is 2. The molecule has 0 amide bonds. The van der Waals surface area contributed by atoms with E-state index in [0.717, 1.165) is 17.6 Å². The highest BCUT2D eigenvalue weighted by atomic mass is 16.1. The number of hydrogen-bond donors (Lipinski definition) is 0. The molecule has 0 saturated heterocycles. The van der Waals surface area contributed by atoms with Gasteiger partial charge in [0, 0.05) is 6.42 Å². The van der Waals surface area contributed by atoms with Crippen LogP contribution in [0.5, 0.6) is 0 Å². The van der Waals surface area contributed by atoms with E-state index in [1.165, 1.54) is 6.33 Å². The number of aromatic nitrogens is 3. The van der Waals surface area contributed by atoms with Gasteiger partial charge in [0.1, 0.15) is 12.6 Å². The second kappa shape index (κ2) is 2.73. The molecule has 0 saturated carbocycles. The molecule has 4 nitrogen and oxygen atoms in total. The zero-order chi connectivity index (χ0) is 8.39. The fraction of sp³-hybridized carbons (Fsp3) is 0.125. The van der Waals surface area contributed by atoms with Crippen molar-refractivity contribution in [2.75, 3.05) is 0 Å². The van der Waals surface area contributed by atoms with Gasteiger partial charge in [0.15, 0.2) is 5.65 Å². The highest BCUT2D eigenvalue weighted by molar-refractivity contribution is 5.54. The number of pyridine rings is 1. The Labute approximate surface area is 68.8 Å². The predicted molar refractivity (Wildman–Crippen MR) is 42.8 cm³/mol. The van der Waals surface area contributed by atoms with Crippen LogP contribution in [0.1, 0.15) is 5.69 Å². The minimum absolute atomic E-state index is 0.376. The number of fused-ring (bicyclic) bond motifs is 1. The summed E-state index contributed by atoms with van der Waals surface area (Å²) in [6, 6.07) is 5.57. The fourth-order valence-electron chi connectivity index (χ4n) is 1.14. The molecule has 0 aliphatic carbocycles. The van der Waals surface area contributed by atoms with E-state index < -0.39 is 0 Å². The van der Waals surface area contributed by atoms with Crippen LogP contribution in [-0.4, -0.2) is 20.9 Å². The molecule has 2 rings (SSSR count). The van der Waals surface area contributed by atoms with E-state index in [1.54, 1.807) is 4.52 Å². The van der Waals surface area contributed by atoms with Crippen molar-refractivity contribution in [3.05, 3.63) is 30.2 Å². The molecule has 0 aliphatic rings. The highest BCUT2D eigenvalue weighted by Crippen LogP contribution is 2.02. The number of nitrogens with zero attached hydrogens (tertiary/aromatic N) is 3. The number of hydrogen-bond acceptors (Lipinski definition) is 3. The average Bonchev–Trinajstić information content (AvgIpc) is 2.53. The van der Waals surface area contributed by atoms with Gasteiger partial charge in [0.05, 0.1) is 5.69 Å². The topological polar surface area (TPSA) is 47.3 Å². The van der Waals surface area contributed by atoms with Crippen molar-refractivity contribution < 1.29 is 4.79 Å². The molecule has 0 spiro atoms. The smallest absolute Gasteiger partial charge is 0.155 e. The Hall–Kier alpha value is -1.71. The first kappa shape index (κ1) is 6.97. The lowest BCUT2D eigenvalue weighted by Gasteiger charge is -1.97. The third-order valence-electron chi connectivity index (χ3n) is 1.67. The van der Waals surface area contributed by atoms with Crippen molar-refractivity contribution in [1.29, 1.82) is 0 Å². The summed E-state index contributed by atoms with van der Waals surface area (Å²) in [5.41, 5.74) is 1.63. The van der Waals surface area contributed by atoms with Crippen molar-refractivity contribution in [1.82, 2.24) is 14.6 Å². The Bertz CT molecular complexity index is 407. The first-order valence-electron chi connectivity index (χ1n) is 3.63. The Morgan fingerprint density at radius 2 is 2.42 bits per heavy atom. The maximum atomic E-state index is 10.3. The van der Waals surface area contributed by atoms with Gasteiger partial charge in [-0.3, -0.25) is 0 Å². The third-order valence-corrected chi connectivity index (χ3v) is 1.67. The maximum Gasteiger partial charge on any atom is 0.155 e. The molecule has 2 heterocycles. The van der Waals surface area contributed by atoms with E-state index >= 15 is 0 Å². The zero-order valence-electron chi connectivity index (χ0n) is 6.34. The van der Waals surface area contributed by atoms with Crippen LogP contribution in [0.25, 0.3) is 5.65 Å². The normalized spacial score (nSPS) is 10.3. The van der Waals surface area contributed by atoms with Crippen LogP contribution in [0.2, 0.25) is 0 Å². The predicted octanol–water partition coefficient (Wildman–Crippen LogP) is 0.471. The second-order valence-electron chi connectivity index (χ2n) is 2.42. The fourth-order valence-corrected chi connectivity index (χ4v) is 1.14. The molecular formula is C8H7N3O. The largest absolute Gasteiger partial charge is 0.303 e. The van der Waals surface area contributed by atoms with Crippen molar-refractivity contribution in [2.45, 2.75) is 6.42 Å². The lowest BCUT2D eigenvalue weighted by atomic mass is 10.3. The maximum absolute atomic E-state index is 10.3. The van der Waals surface area contributed by atoms with Crippen LogP contribution in [0.15, 0.2) is 24.5 Å². The van der Waals surface area contributed by atoms with Gasteiger partial charge in [-0.15, -0.1) is 0 Å². The summed E-state index contributed by atoms with van der Waals surface area (Å²) in [6.07, 6.45) is 2.71. The van der Waals surface area contributed by atoms with Gasteiger partial charge in [-0.25, -0.2) is 9.50 Å². The molecule has 0 radical (unpaired) electrons. The third kappa shape index (κ3) is 0.972. The minimum atomic E-state index is 0.376. The van der Waals surface area contributed by atoms with Gasteiger partial charge in [-0.05, 0) is 12.1 Å². The first-order valence-corrected chi connectivity index (χ1v) is 3.63. The molecule has 0 aromatic carbocycles. The van der Waals surface area contributed by atoms with Crippen LogP contribution >= 0.6 is 0 Å². The molecule has 2 aromatic rings. The Balaban J connectivity index is 2.65. The van der Waals surface area contributed by atoms with Crippen LogP contribution in [-0.2, 0) is 11.2 Å². The van der Waals surface area contributed by atoms with E-state index in [0.29, 0.717) is 6.42 Å². The Morgan fingerprint density at radius 3 is 3.25 bits per heavy atom. The van der Waals surface area contributed by atoms with E-state index in [1.807, 2.05) is 18.2 Å². The summed E-state index contributed by atoms with van der Waals surface area (Å²) >= 11 is 0. The number of carbonyl (C=O) groups excluding carboxylic acids is 1. The van der Waals surface area contributed by atoms with E-state index in [4.69, 9.17) is 0 Å². The monoisotopic (exact) mass is 161 g/mol. The summed E-state index contributed by atoms with van der Waals surface area (Å²) < 4.78 is 1.66. The van der Waals surface area contributed by atoms with Crippen LogP contribution in [0, 0.1) is 0 Å². The van der Waals surface area contributed by atoms with Gasteiger partial charge in [0.2, 0.25) is 0 Å². The van der Waals surface area contributed by atoms with E-state index in [2.05, 4.69) is 10.1 Å². The average molecular weight is 161 g/mol. The van der Waals surface area contributed by atoms with Gasteiger partial charge in [-0.1, -0.05) is 6.07 Å². The molecule has 60 valence electrons.